The molecule has 0 spiro atoms. The first-order valence-corrected chi connectivity index (χ1v) is 6.32. The Bertz CT molecular complexity index is 783. The predicted molar refractivity (Wildman–Crippen MR) is 80.3 cm³/mol. The molecule has 0 radical (unpaired) electrons. The summed E-state index contributed by atoms with van der Waals surface area (Å²) >= 11 is 0. The van der Waals surface area contributed by atoms with E-state index in [0.29, 0.717) is 5.56 Å². The number of ether oxygens (including phenoxy) is 1. The van der Waals surface area contributed by atoms with Crippen LogP contribution in [0.4, 0.5) is 10.1 Å². The highest BCUT2D eigenvalue weighted by molar-refractivity contribution is 6.02. The number of hydrogen-bond acceptors (Lipinski definition) is 2. The molecule has 0 bridgehead atoms. The number of para-hydroxylation sites is 1. The summed E-state index contributed by atoms with van der Waals surface area (Å²) < 4.78 is 19.0. The summed E-state index contributed by atoms with van der Waals surface area (Å²) in [5.74, 6) is 0.390. The van der Waals surface area contributed by atoms with Gasteiger partial charge in [-0.25, -0.2) is 4.39 Å². The van der Waals surface area contributed by atoms with Crippen LogP contribution in [0, 0.1) is 5.82 Å². The number of nitrogen functional groups attached to an aromatic ring is 1. The third-order valence-corrected chi connectivity index (χ3v) is 3.45. The molecule has 2 nitrogen and oxygen atoms in total. The van der Waals surface area contributed by atoms with Gasteiger partial charge in [0.1, 0.15) is 11.6 Å². The second kappa shape index (κ2) is 4.85. The van der Waals surface area contributed by atoms with Crippen molar-refractivity contribution < 1.29 is 9.13 Å². The molecule has 0 unspecified atom stereocenters. The van der Waals surface area contributed by atoms with Gasteiger partial charge in [-0.05, 0) is 29.1 Å². The van der Waals surface area contributed by atoms with Crippen molar-refractivity contribution in [2.75, 3.05) is 12.8 Å². The van der Waals surface area contributed by atoms with E-state index in [1.807, 2.05) is 42.5 Å². The number of nitrogens with two attached hydrogens (primary N) is 1. The number of benzene rings is 3. The second-order valence-corrected chi connectivity index (χ2v) is 4.56. The molecule has 0 amide bonds. The van der Waals surface area contributed by atoms with Crippen LogP contribution < -0.4 is 10.5 Å². The number of rotatable bonds is 2. The van der Waals surface area contributed by atoms with Crippen molar-refractivity contribution in [1.29, 1.82) is 0 Å². The summed E-state index contributed by atoms with van der Waals surface area (Å²) in [6.45, 7) is 0. The molecule has 3 aromatic carbocycles. The number of anilines is 1. The van der Waals surface area contributed by atoms with Crippen LogP contribution in [0.15, 0.2) is 54.6 Å². The highest BCUT2D eigenvalue weighted by Crippen LogP contribution is 2.37. The molecule has 0 saturated heterocycles. The van der Waals surface area contributed by atoms with Gasteiger partial charge in [-0.3, -0.25) is 0 Å². The van der Waals surface area contributed by atoms with Crippen LogP contribution in [0.5, 0.6) is 5.75 Å². The van der Waals surface area contributed by atoms with Gasteiger partial charge in [-0.1, -0.05) is 36.4 Å². The molecule has 0 aliphatic rings. The Balaban J connectivity index is 2.35. The van der Waals surface area contributed by atoms with Crippen LogP contribution in [-0.4, -0.2) is 7.11 Å². The topological polar surface area (TPSA) is 35.2 Å². The van der Waals surface area contributed by atoms with Gasteiger partial charge in [-0.2, -0.15) is 0 Å². The largest absolute Gasteiger partial charge is 0.496 e. The van der Waals surface area contributed by atoms with Gasteiger partial charge in [-0.15, -0.1) is 0 Å². The van der Waals surface area contributed by atoms with Crippen LogP contribution in [0.25, 0.3) is 21.9 Å². The SMILES string of the molecule is COc1ccc(-c2cccc(F)c2N)c2ccccc12. The van der Waals surface area contributed by atoms with Gasteiger partial charge in [0.15, 0.2) is 0 Å². The Hall–Kier alpha value is -2.55. The number of halogens is 1. The molecule has 0 heterocycles. The number of fused-ring (bicyclic) bond motifs is 1. The van der Waals surface area contributed by atoms with Gasteiger partial charge in [0.25, 0.3) is 0 Å². The lowest BCUT2D eigenvalue weighted by molar-refractivity contribution is 0.420. The molecule has 100 valence electrons. The Morgan fingerprint density at radius 2 is 1.60 bits per heavy atom. The lowest BCUT2D eigenvalue weighted by Crippen LogP contribution is -1.95. The van der Waals surface area contributed by atoms with Crippen molar-refractivity contribution in [1.82, 2.24) is 0 Å². The molecule has 0 fully saturated rings. The smallest absolute Gasteiger partial charge is 0.146 e. The van der Waals surface area contributed by atoms with E-state index in [2.05, 4.69) is 0 Å². The monoisotopic (exact) mass is 267 g/mol. The summed E-state index contributed by atoms with van der Waals surface area (Å²) in [7, 11) is 1.64. The average molecular weight is 267 g/mol. The van der Waals surface area contributed by atoms with Gasteiger partial charge >= 0.3 is 0 Å². The first-order valence-electron chi connectivity index (χ1n) is 6.32. The third kappa shape index (κ3) is 1.88. The quantitative estimate of drug-likeness (QED) is 0.705. The number of methoxy groups -OCH3 is 1. The minimum absolute atomic E-state index is 0.169. The standard InChI is InChI=1S/C17H14FNO/c1-20-16-10-9-12(11-5-2-3-6-13(11)16)14-7-4-8-15(18)17(14)19/h2-10H,19H2,1H3. The minimum Gasteiger partial charge on any atom is -0.496 e. The Labute approximate surface area is 116 Å². The molecule has 0 atom stereocenters. The van der Waals surface area contributed by atoms with Crippen molar-refractivity contribution in [2.45, 2.75) is 0 Å². The maximum atomic E-state index is 13.7. The van der Waals surface area contributed by atoms with Crippen LogP contribution in [0.1, 0.15) is 0 Å². The molecule has 0 saturated carbocycles. The van der Waals surface area contributed by atoms with E-state index < -0.39 is 5.82 Å². The molecular weight excluding hydrogens is 253 g/mol. The zero-order valence-electron chi connectivity index (χ0n) is 11.1. The highest BCUT2D eigenvalue weighted by Gasteiger charge is 2.11. The fourth-order valence-corrected chi connectivity index (χ4v) is 2.46. The molecule has 20 heavy (non-hydrogen) atoms. The summed E-state index contributed by atoms with van der Waals surface area (Å²) in [6, 6.07) is 16.5. The summed E-state index contributed by atoms with van der Waals surface area (Å²) in [5, 5.41) is 1.97. The summed E-state index contributed by atoms with van der Waals surface area (Å²) in [6.07, 6.45) is 0. The van der Waals surface area contributed by atoms with Crippen LogP contribution >= 0.6 is 0 Å². The van der Waals surface area contributed by atoms with Crippen LogP contribution in [0.3, 0.4) is 0 Å². The van der Waals surface area contributed by atoms with Gasteiger partial charge < -0.3 is 10.5 Å². The lowest BCUT2D eigenvalue weighted by atomic mass is 9.96. The maximum absolute atomic E-state index is 13.7. The zero-order chi connectivity index (χ0) is 14.1. The van der Waals surface area contributed by atoms with E-state index in [4.69, 9.17) is 10.5 Å². The van der Waals surface area contributed by atoms with E-state index in [-0.39, 0.29) is 5.69 Å². The first-order chi connectivity index (χ1) is 9.72. The van der Waals surface area contributed by atoms with Crippen molar-refractivity contribution in [3.8, 4) is 16.9 Å². The zero-order valence-corrected chi connectivity index (χ0v) is 11.1. The Kier molecular flexibility index (Phi) is 3.03. The highest BCUT2D eigenvalue weighted by atomic mass is 19.1. The minimum atomic E-state index is -0.401. The van der Waals surface area contributed by atoms with E-state index in [9.17, 15) is 4.39 Å². The van der Waals surface area contributed by atoms with Gasteiger partial charge in [0, 0.05) is 10.9 Å². The molecule has 0 aliphatic carbocycles. The van der Waals surface area contributed by atoms with Crippen molar-refractivity contribution >= 4 is 16.5 Å². The Morgan fingerprint density at radius 3 is 2.35 bits per heavy atom. The van der Waals surface area contributed by atoms with Gasteiger partial charge in [0.2, 0.25) is 0 Å². The van der Waals surface area contributed by atoms with Crippen molar-refractivity contribution in [3.63, 3.8) is 0 Å². The fraction of sp³-hybridized carbons (Fsp3) is 0.0588. The molecular formula is C17H14FNO. The van der Waals surface area contributed by atoms with Crippen LogP contribution in [-0.2, 0) is 0 Å². The van der Waals surface area contributed by atoms with Crippen molar-refractivity contribution in [2.24, 2.45) is 0 Å². The van der Waals surface area contributed by atoms with E-state index >= 15 is 0 Å². The average Bonchev–Trinajstić information content (AvgIpc) is 2.49. The molecule has 3 aromatic rings. The predicted octanol–water partition coefficient (Wildman–Crippen LogP) is 4.24. The Morgan fingerprint density at radius 1 is 0.850 bits per heavy atom. The van der Waals surface area contributed by atoms with Crippen LogP contribution in [0.2, 0.25) is 0 Å². The second-order valence-electron chi connectivity index (χ2n) is 4.56. The van der Waals surface area contributed by atoms with E-state index in [0.717, 1.165) is 22.1 Å². The summed E-state index contributed by atoms with van der Waals surface area (Å²) in [5.41, 5.74) is 7.64. The van der Waals surface area contributed by atoms with Crippen molar-refractivity contribution in [3.05, 3.63) is 60.4 Å². The third-order valence-electron chi connectivity index (χ3n) is 3.45. The molecule has 3 rings (SSSR count). The lowest BCUT2D eigenvalue weighted by Gasteiger charge is -2.12. The normalized spacial score (nSPS) is 10.7. The molecule has 0 aromatic heterocycles. The van der Waals surface area contributed by atoms with E-state index in [1.54, 1.807) is 13.2 Å². The number of hydrogen-bond donors (Lipinski definition) is 1. The van der Waals surface area contributed by atoms with E-state index in [1.165, 1.54) is 6.07 Å². The van der Waals surface area contributed by atoms with Gasteiger partial charge in [0.05, 0.1) is 12.8 Å². The molecule has 0 aliphatic heterocycles. The molecule has 3 heteroatoms. The fourth-order valence-electron chi connectivity index (χ4n) is 2.46. The molecule has 2 N–H and O–H groups in total. The maximum Gasteiger partial charge on any atom is 0.146 e. The first kappa shape index (κ1) is 12.5. The summed E-state index contributed by atoms with van der Waals surface area (Å²) in [4.78, 5) is 0.